The molecule has 6 nitrogen and oxygen atoms in total. The van der Waals surface area contributed by atoms with Crippen LogP contribution in [0.2, 0.25) is 0 Å². The highest BCUT2D eigenvalue weighted by Gasteiger charge is 2.33. The second-order valence-electron chi connectivity index (χ2n) is 7.38. The number of aliphatic imine (C=N–C) groups is 1. The number of hydrogen-bond acceptors (Lipinski definition) is 4. The Morgan fingerprint density at radius 3 is 2.54 bits per heavy atom. The van der Waals surface area contributed by atoms with Crippen LogP contribution in [0.15, 0.2) is 23.2 Å². The van der Waals surface area contributed by atoms with Gasteiger partial charge in [0.25, 0.3) is 0 Å². The van der Waals surface area contributed by atoms with E-state index in [-0.39, 0.29) is 0 Å². The molecule has 1 aromatic rings. The molecule has 0 unspecified atom stereocenters. The Morgan fingerprint density at radius 2 is 1.89 bits per heavy atom. The molecule has 0 aliphatic heterocycles. The zero-order valence-electron chi connectivity index (χ0n) is 18.0. The molecule has 158 valence electrons. The number of hydrogen-bond donors (Lipinski definition) is 2. The van der Waals surface area contributed by atoms with E-state index in [1.807, 2.05) is 18.2 Å². The highest BCUT2D eigenvalue weighted by atomic mass is 16.5. The summed E-state index contributed by atoms with van der Waals surface area (Å²) in [4.78, 5) is 4.78. The molecule has 6 heteroatoms. The monoisotopic (exact) mass is 391 g/mol. The Kier molecular flexibility index (Phi) is 9.41. The van der Waals surface area contributed by atoms with Gasteiger partial charge in [0, 0.05) is 37.9 Å². The van der Waals surface area contributed by atoms with Crippen LogP contribution in [0.4, 0.5) is 0 Å². The van der Waals surface area contributed by atoms with Gasteiger partial charge in [-0.3, -0.25) is 0 Å². The first-order chi connectivity index (χ1) is 13.7. The normalized spacial score (nSPS) is 16.1. The van der Waals surface area contributed by atoms with Crippen molar-refractivity contribution >= 4 is 5.96 Å². The summed E-state index contributed by atoms with van der Waals surface area (Å²) in [6.07, 6.45) is 6.26. The van der Waals surface area contributed by atoms with Crippen molar-refractivity contribution in [1.29, 1.82) is 0 Å². The van der Waals surface area contributed by atoms with Crippen molar-refractivity contribution in [2.75, 3.05) is 40.5 Å². The lowest BCUT2D eigenvalue weighted by molar-refractivity contribution is 0.105. The fraction of sp³-hybridized carbons (Fsp3) is 0.682. The number of ether oxygens (including phenoxy) is 3. The Labute approximate surface area is 170 Å². The highest BCUT2D eigenvalue weighted by molar-refractivity contribution is 5.79. The van der Waals surface area contributed by atoms with Gasteiger partial charge in [-0.05, 0) is 50.7 Å². The third-order valence-corrected chi connectivity index (χ3v) is 5.52. The number of nitrogens with one attached hydrogen (secondary N) is 2. The van der Waals surface area contributed by atoms with E-state index in [0.29, 0.717) is 12.0 Å². The Morgan fingerprint density at radius 1 is 1.11 bits per heavy atom. The third kappa shape index (κ3) is 6.59. The predicted molar refractivity (Wildman–Crippen MR) is 114 cm³/mol. The van der Waals surface area contributed by atoms with Gasteiger partial charge in [0.2, 0.25) is 0 Å². The highest BCUT2D eigenvalue weighted by Crippen LogP contribution is 2.40. The number of nitrogens with zero attached hydrogens (tertiary/aromatic N) is 1. The maximum atomic E-state index is 5.63. The average Bonchev–Trinajstić information content (AvgIpc) is 3.19. The minimum atomic E-state index is 0.323. The molecule has 1 aliphatic carbocycles. The van der Waals surface area contributed by atoms with Crippen molar-refractivity contribution in [3.63, 3.8) is 0 Å². The molecule has 0 heterocycles. The first-order valence-electron chi connectivity index (χ1n) is 10.5. The molecule has 1 aliphatic rings. The molecule has 1 fully saturated rings. The minimum Gasteiger partial charge on any atom is -0.497 e. The predicted octanol–water partition coefficient (Wildman–Crippen LogP) is 3.75. The summed E-state index contributed by atoms with van der Waals surface area (Å²) >= 11 is 0. The summed E-state index contributed by atoms with van der Waals surface area (Å²) in [5, 5.41) is 6.94. The topological polar surface area (TPSA) is 64.1 Å². The summed E-state index contributed by atoms with van der Waals surface area (Å²) in [5.74, 6) is 2.43. The van der Waals surface area contributed by atoms with Crippen molar-refractivity contribution in [1.82, 2.24) is 10.6 Å². The molecule has 0 spiro atoms. The van der Waals surface area contributed by atoms with E-state index < -0.39 is 0 Å². The van der Waals surface area contributed by atoms with Crippen LogP contribution in [-0.4, -0.2) is 46.5 Å². The fourth-order valence-electron chi connectivity index (χ4n) is 3.83. The van der Waals surface area contributed by atoms with Crippen molar-refractivity contribution < 1.29 is 14.2 Å². The average molecular weight is 392 g/mol. The van der Waals surface area contributed by atoms with Gasteiger partial charge in [-0.25, -0.2) is 4.99 Å². The SMILES string of the molecule is CCNC(=NCc1ccc(OC)cc1OC)NCC1(CCOCC)CCCC1. The first-order valence-corrected chi connectivity index (χ1v) is 10.5. The van der Waals surface area contributed by atoms with Gasteiger partial charge >= 0.3 is 0 Å². The molecule has 0 aromatic heterocycles. The van der Waals surface area contributed by atoms with E-state index in [0.717, 1.165) is 55.7 Å². The second kappa shape index (κ2) is 11.8. The molecule has 1 saturated carbocycles. The summed E-state index contributed by atoms with van der Waals surface area (Å²) < 4.78 is 16.4. The number of benzene rings is 1. The lowest BCUT2D eigenvalue weighted by Gasteiger charge is -2.30. The Balaban J connectivity index is 2.01. The summed E-state index contributed by atoms with van der Waals surface area (Å²) in [6.45, 7) is 8.10. The van der Waals surface area contributed by atoms with Gasteiger partial charge in [-0.1, -0.05) is 12.8 Å². The van der Waals surface area contributed by atoms with Gasteiger partial charge in [-0.15, -0.1) is 0 Å². The van der Waals surface area contributed by atoms with Crippen molar-refractivity contribution in [2.24, 2.45) is 10.4 Å². The fourth-order valence-corrected chi connectivity index (χ4v) is 3.83. The van der Waals surface area contributed by atoms with E-state index in [1.54, 1.807) is 14.2 Å². The lowest BCUT2D eigenvalue weighted by atomic mass is 9.83. The largest absolute Gasteiger partial charge is 0.497 e. The van der Waals surface area contributed by atoms with Gasteiger partial charge in [0.1, 0.15) is 11.5 Å². The van der Waals surface area contributed by atoms with Crippen LogP contribution >= 0.6 is 0 Å². The van der Waals surface area contributed by atoms with Crippen LogP contribution in [0.1, 0.15) is 51.5 Å². The lowest BCUT2D eigenvalue weighted by Crippen LogP contribution is -2.43. The smallest absolute Gasteiger partial charge is 0.191 e. The third-order valence-electron chi connectivity index (χ3n) is 5.52. The van der Waals surface area contributed by atoms with E-state index >= 15 is 0 Å². The number of rotatable bonds is 11. The van der Waals surface area contributed by atoms with Crippen LogP contribution in [0, 0.1) is 5.41 Å². The van der Waals surface area contributed by atoms with Crippen molar-refractivity contribution in [2.45, 2.75) is 52.5 Å². The summed E-state index contributed by atoms with van der Waals surface area (Å²) in [7, 11) is 3.33. The molecule has 0 atom stereocenters. The summed E-state index contributed by atoms with van der Waals surface area (Å²) in [6, 6.07) is 5.84. The first kappa shape index (κ1) is 22.3. The van der Waals surface area contributed by atoms with Gasteiger partial charge in [0.15, 0.2) is 5.96 Å². The summed E-state index contributed by atoms with van der Waals surface area (Å²) in [5.41, 5.74) is 1.36. The van der Waals surface area contributed by atoms with Gasteiger partial charge in [0.05, 0.1) is 20.8 Å². The zero-order valence-corrected chi connectivity index (χ0v) is 18.0. The molecule has 0 amide bonds. The van der Waals surface area contributed by atoms with Crippen LogP contribution in [-0.2, 0) is 11.3 Å². The van der Waals surface area contributed by atoms with Crippen LogP contribution < -0.4 is 20.1 Å². The molecule has 0 bridgehead atoms. The molecule has 2 N–H and O–H groups in total. The molecule has 2 rings (SSSR count). The molecular weight excluding hydrogens is 354 g/mol. The van der Waals surface area contributed by atoms with Gasteiger partial charge < -0.3 is 24.8 Å². The Bertz CT molecular complexity index is 613. The number of guanidine groups is 1. The maximum Gasteiger partial charge on any atom is 0.191 e. The van der Waals surface area contributed by atoms with Crippen molar-refractivity contribution in [3.8, 4) is 11.5 Å². The second-order valence-corrected chi connectivity index (χ2v) is 7.38. The van der Waals surface area contributed by atoms with Crippen LogP contribution in [0.5, 0.6) is 11.5 Å². The maximum absolute atomic E-state index is 5.63. The van der Waals surface area contributed by atoms with Crippen LogP contribution in [0.25, 0.3) is 0 Å². The van der Waals surface area contributed by atoms with Crippen molar-refractivity contribution in [3.05, 3.63) is 23.8 Å². The molecule has 28 heavy (non-hydrogen) atoms. The molecule has 0 saturated heterocycles. The Hall–Kier alpha value is -1.95. The van der Waals surface area contributed by atoms with Gasteiger partial charge in [-0.2, -0.15) is 0 Å². The van der Waals surface area contributed by atoms with E-state index in [4.69, 9.17) is 19.2 Å². The minimum absolute atomic E-state index is 0.323. The molecular formula is C22H37N3O3. The quantitative estimate of drug-likeness (QED) is 0.342. The van der Waals surface area contributed by atoms with E-state index in [9.17, 15) is 0 Å². The standard InChI is InChI=1S/C22H37N3O3/c1-5-23-21(24-16-18-9-10-19(26-3)15-20(18)27-4)25-17-22(11-7-8-12-22)13-14-28-6-2/h9-10,15H,5-8,11-14,16-17H2,1-4H3,(H2,23,24,25). The van der Waals surface area contributed by atoms with E-state index in [1.165, 1.54) is 25.7 Å². The molecule has 1 aromatic carbocycles. The van der Waals surface area contributed by atoms with Crippen LogP contribution in [0.3, 0.4) is 0 Å². The number of methoxy groups -OCH3 is 2. The van der Waals surface area contributed by atoms with E-state index in [2.05, 4.69) is 24.5 Å². The zero-order chi connectivity index (χ0) is 20.2. The molecule has 0 radical (unpaired) electrons.